The average Bonchev–Trinajstić information content (AvgIpc) is 3.76. The number of aliphatic imine (C=N–C) groups is 1. The molecule has 2 aromatic rings. The Morgan fingerprint density at radius 3 is 2.34 bits per heavy atom. The minimum atomic E-state index is -0.600. The van der Waals surface area contributed by atoms with Crippen molar-refractivity contribution in [2.24, 2.45) is 4.99 Å². The lowest BCUT2D eigenvalue weighted by molar-refractivity contribution is -0.685. The van der Waals surface area contributed by atoms with Crippen molar-refractivity contribution < 1.29 is 52.6 Å². The highest BCUT2D eigenvalue weighted by Crippen LogP contribution is 2.52. The molecule has 3 aliphatic rings. The van der Waals surface area contributed by atoms with Gasteiger partial charge >= 0.3 is 11.8 Å². The molecule has 5 rings (SSSR count). The van der Waals surface area contributed by atoms with E-state index in [0.29, 0.717) is 62.3 Å². The number of anilines is 1. The number of hydroxylamine groups is 2. The highest BCUT2D eigenvalue weighted by atomic mass is 35.5. The number of amides is 2. The standard InChI is InChI=1S/C42H53ClN4O10S/c1-29-25-31(58-57-56-51)27-32-39(29)46(20-12-8-11-15-38(50)55-47-36(48)16-17-37(47)49)35(42(32,3)19-23-53-5)14-10-7-9-13-34-41(2,18-22-52-4)33-26-30(43)28-45(21-24-54-6)40(33)44-34/h7,9-10,13-14,25-28H,8,11-12,15-24H2,1-6H3/p+1. The molecule has 14 nitrogen and oxygen atoms in total. The molecule has 16 heteroatoms. The van der Waals surface area contributed by atoms with E-state index in [4.69, 9.17) is 45.2 Å². The zero-order valence-electron chi connectivity index (χ0n) is 34.1. The molecule has 0 saturated carbocycles. The van der Waals surface area contributed by atoms with Crippen LogP contribution in [0, 0.1) is 6.92 Å². The van der Waals surface area contributed by atoms with Gasteiger partial charge in [-0.15, -0.1) is 9.40 Å². The molecule has 4 heterocycles. The van der Waals surface area contributed by atoms with Crippen LogP contribution in [0.5, 0.6) is 0 Å². The predicted molar refractivity (Wildman–Crippen MR) is 219 cm³/mol. The molecule has 0 aliphatic carbocycles. The number of imide groups is 1. The van der Waals surface area contributed by atoms with E-state index in [-0.39, 0.29) is 19.3 Å². The SMILES string of the molecule is COCC[n+]1cc(Cl)cc2c1N=C(/C=C/C=C/C=C1/N(CCCCCC(=O)ON3C(=O)CCC3=O)c3c(C)cc(SOOO)cc3C1(C)CCOC)C2(C)CCOC. The Bertz CT molecular complexity index is 1940. The van der Waals surface area contributed by atoms with Gasteiger partial charge in [0.15, 0.2) is 5.71 Å². The predicted octanol–water partition coefficient (Wildman–Crippen LogP) is 7.37. The van der Waals surface area contributed by atoms with E-state index >= 15 is 0 Å². The number of allylic oxidation sites excluding steroid dienone is 6. The molecule has 1 aromatic carbocycles. The van der Waals surface area contributed by atoms with Gasteiger partial charge in [0.05, 0.1) is 34.7 Å². The summed E-state index contributed by atoms with van der Waals surface area (Å²) in [5.74, 6) is -0.726. The van der Waals surface area contributed by atoms with Crippen LogP contribution >= 0.6 is 23.6 Å². The maximum Gasteiger partial charge on any atom is 0.333 e. The fourth-order valence-corrected chi connectivity index (χ4v) is 8.53. The molecule has 1 saturated heterocycles. The number of aromatic nitrogens is 1. The largest absolute Gasteiger partial charge is 0.385 e. The fraction of sp³-hybridized carbons (Fsp3) is 0.500. The van der Waals surface area contributed by atoms with Gasteiger partial charge in [-0.1, -0.05) is 41.3 Å². The van der Waals surface area contributed by atoms with Crippen LogP contribution in [0.25, 0.3) is 0 Å². The van der Waals surface area contributed by atoms with Crippen molar-refractivity contribution in [3.8, 4) is 0 Å². The normalized spacial score (nSPS) is 21.0. The number of carbonyl (C=O) groups is 3. The van der Waals surface area contributed by atoms with Crippen molar-refractivity contribution in [1.82, 2.24) is 5.06 Å². The van der Waals surface area contributed by atoms with Gasteiger partial charge in [-0.05, 0) is 92.9 Å². The second-order valence-corrected chi connectivity index (χ2v) is 16.1. The summed E-state index contributed by atoms with van der Waals surface area (Å²) in [6.07, 6.45) is 15.7. The Balaban J connectivity index is 1.40. The van der Waals surface area contributed by atoms with E-state index in [9.17, 15) is 14.4 Å². The fourth-order valence-electron chi connectivity index (χ4n) is 7.80. The number of fused-ring (bicyclic) bond motifs is 2. The van der Waals surface area contributed by atoms with Crippen molar-refractivity contribution >= 4 is 58.6 Å². The van der Waals surface area contributed by atoms with Gasteiger partial charge in [-0.3, -0.25) is 9.59 Å². The first-order valence-electron chi connectivity index (χ1n) is 19.4. The number of unbranched alkanes of at least 4 members (excludes halogenated alkanes) is 2. The number of methoxy groups -OCH3 is 3. The number of aryl methyl sites for hydroxylation is 1. The van der Waals surface area contributed by atoms with Gasteiger partial charge < -0.3 is 23.9 Å². The van der Waals surface area contributed by atoms with Crippen LogP contribution in [-0.2, 0) is 60.2 Å². The number of pyridine rings is 1. The molecule has 0 bridgehead atoms. The van der Waals surface area contributed by atoms with Crippen LogP contribution in [0.15, 0.2) is 70.4 Å². The zero-order valence-corrected chi connectivity index (χ0v) is 35.7. The lowest BCUT2D eigenvalue weighted by Crippen LogP contribution is -2.37. The molecule has 1 aromatic heterocycles. The van der Waals surface area contributed by atoms with Crippen molar-refractivity contribution in [2.45, 2.75) is 94.4 Å². The minimum absolute atomic E-state index is 0.0553. The van der Waals surface area contributed by atoms with Gasteiger partial charge in [0, 0.05) is 82.0 Å². The average molecular weight is 842 g/mol. The molecule has 1 N–H and O–H groups in total. The monoisotopic (exact) mass is 841 g/mol. The molecule has 3 aliphatic heterocycles. The molecule has 2 amide bonds. The number of ether oxygens (including phenoxy) is 3. The van der Waals surface area contributed by atoms with E-state index in [2.05, 4.69) is 35.9 Å². The van der Waals surface area contributed by atoms with Crippen LogP contribution in [0.2, 0.25) is 5.02 Å². The zero-order chi connectivity index (χ0) is 41.9. The molecule has 2 atom stereocenters. The van der Waals surface area contributed by atoms with Crippen molar-refractivity contribution in [2.75, 3.05) is 52.6 Å². The Kier molecular flexibility index (Phi) is 16.2. The third-order valence-electron chi connectivity index (χ3n) is 11.0. The Morgan fingerprint density at radius 2 is 1.66 bits per heavy atom. The molecule has 0 spiro atoms. The Labute approximate surface area is 349 Å². The third-order valence-corrected chi connectivity index (χ3v) is 11.7. The number of halogens is 1. The molecule has 0 radical (unpaired) electrons. The van der Waals surface area contributed by atoms with Gasteiger partial charge in [0.2, 0.25) is 0 Å². The summed E-state index contributed by atoms with van der Waals surface area (Å²) in [5, 5.41) is 14.0. The highest BCUT2D eigenvalue weighted by molar-refractivity contribution is 7.94. The van der Waals surface area contributed by atoms with Crippen LogP contribution in [-0.4, -0.2) is 81.5 Å². The Hall–Kier alpha value is -3.93. The molecular weight excluding hydrogens is 788 g/mol. The highest BCUT2D eigenvalue weighted by Gasteiger charge is 2.46. The van der Waals surface area contributed by atoms with Gasteiger partial charge in [-0.2, -0.15) is 0 Å². The molecule has 2 unspecified atom stereocenters. The number of benzene rings is 1. The van der Waals surface area contributed by atoms with Gasteiger partial charge in [0.1, 0.15) is 12.7 Å². The number of hydrogen-bond donors (Lipinski definition) is 1. The topological polar surface area (TPSA) is 150 Å². The first kappa shape index (κ1) is 45.2. The molecule has 1 fully saturated rings. The number of rotatable bonds is 22. The van der Waals surface area contributed by atoms with E-state index in [1.165, 1.54) is 0 Å². The summed E-state index contributed by atoms with van der Waals surface area (Å²) in [4.78, 5) is 49.5. The maximum absolute atomic E-state index is 12.5. The third kappa shape index (κ3) is 10.3. The first-order valence-corrected chi connectivity index (χ1v) is 20.5. The summed E-state index contributed by atoms with van der Waals surface area (Å²) >= 11 is 7.53. The maximum atomic E-state index is 12.5. The van der Waals surface area contributed by atoms with Crippen LogP contribution in [0.4, 0.5) is 11.5 Å². The smallest absolute Gasteiger partial charge is 0.333 e. The van der Waals surface area contributed by atoms with Crippen LogP contribution < -0.4 is 9.47 Å². The van der Waals surface area contributed by atoms with Gasteiger partial charge in [-0.25, -0.2) is 14.6 Å². The van der Waals surface area contributed by atoms with E-state index in [1.54, 1.807) is 21.3 Å². The summed E-state index contributed by atoms with van der Waals surface area (Å²) in [6.45, 7) is 9.27. The van der Waals surface area contributed by atoms with Crippen molar-refractivity contribution in [1.29, 1.82) is 0 Å². The van der Waals surface area contributed by atoms with Gasteiger partial charge in [0.25, 0.3) is 11.8 Å². The van der Waals surface area contributed by atoms with Crippen molar-refractivity contribution in [3.63, 3.8) is 0 Å². The summed E-state index contributed by atoms with van der Waals surface area (Å²) in [5.41, 5.74) is 5.30. The van der Waals surface area contributed by atoms with Crippen LogP contribution in [0.3, 0.4) is 0 Å². The summed E-state index contributed by atoms with van der Waals surface area (Å²) < 4.78 is 23.3. The van der Waals surface area contributed by atoms with Crippen LogP contribution in [0.1, 0.15) is 81.9 Å². The lowest BCUT2D eigenvalue weighted by Gasteiger charge is -2.30. The second kappa shape index (κ2) is 20.9. The van der Waals surface area contributed by atoms with E-state index < -0.39 is 28.6 Å². The second-order valence-electron chi connectivity index (χ2n) is 14.9. The Morgan fingerprint density at radius 1 is 0.948 bits per heavy atom. The summed E-state index contributed by atoms with van der Waals surface area (Å²) in [7, 11) is 5.06. The molecule has 58 heavy (non-hydrogen) atoms. The van der Waals surface area contributed by atoms with Crippen molar-refractivity contribution in [3.05, 3.63) is 82.2 Å². The minimum Gasteiger partial charge on any atom is -0.385 e. The number of nitrogens with zero attached hydrogens (tertiary/aromatic N) is 4. The van der Waals surface area contributed by atoms with E-state index in [1.807, 2.05) is 54.1 Å². The summed E-state index contributed by atoms with van der Waals surface area (Å²) in [6, 6.07) is 6.03. The molecule has 314 valence electrons. The molecular formula is C42H54ClN4O10S+. The van der Waals surface area contributed by atoms with E-state index in [0.717, 1.165) is 69.4 Å². The lowest BCUT2D eigenvalue weighted by atomic mass is 9.77. The number of carbonyl (C=O) groups excluding carboxylic acids is 3. The quantitative estimate of drug-likeness (QED) is 0.0240. The first-order chi connectivity index (χ1) is 27.9. The number of hydrogen-bond acceptors (Lipinski definition) is 13.